The van der Waals surface area contributed by atoms with Gasteiger partial charge >= 0.3 is 6.18 Å². The fraction of sp³-hybridized carbons (Fsp3) is 0.389. The van der Waals surface area contributed by atoms with E-state index in [1.54, 1.807) is 24.3 Å². The minimum atomic E-state index is -4.67. The molecule has 0 aliphatic carbocycles. The number of hydrogen-bond donors (Lipinski definition) is 1. The largest absolute Gasteiger partial charge is 0.497 e. The van der Waals surface area contributed by atoms with Gasteiger partial charge in [0.15, 0.2) is 0 Å². The molecule has 1 aliphatic rings. The summed E-state index contributed by atoms with van der Waals surface area (Å²) in [5.41, 5.74) is -0.914. The third kappa shape index (κ3) is 4.40. The predicted octanol–water partition coefficient (Wildman–Crippen LogP) is 3.77. The van der Waals surface area contributed by atoms with E-state index in [-0.39, 0.29) is 25.0 Å². The maximum Gasteiger partial charge on any atom is 0.421 e. The van der Waals surface area contributed by atoms with Gasteiger partial charge in [0.1, 0.15) is 11.3 Å². The van der Waals surface area contributed by atoms with Gasteiger partial charge < -0.3 is 14.6 Å². The van der Waals surface area contributed by atoms with Crippen LogP contribution in [0, 0.1) is 0 Å². The Hall–Kier alpha value is -1.99. The molecular formula is C18H20ClF3N2O2. The second-order valence-corrected chi connectivity index (χ2v) is 6.11. The van der Waals surface area contributed by atoms with E-state index in [2.05, 4.69) is 5.32 Å². The van der Waals surface area contributed by atoms with E-state index in [4.69, 9.17) is 4.74 Å². The molecule has 1 aliphatic heterocycles. The quantitative estimate of drug-likeness (QED) is 0.867. The zero-order valence-electron chi connectivity index (χ0n) is 14.2. The summed E-state index contributed by atoms with van der Waals surface area (Å²) in [6, 6.07) is 7.73. The molecule has 0 radical (unpaired) electrons. The third-order valence-electron chi connectivity index (χ3n) is 4.39. The predicted molar refractivity (Wildman–Crippen MR) is 95.0 cm³/mol. The summed E-state index contributed by atoms with van der Waals surface area (Å²) in [7, 11) is 1.53. The van der Waals surface area contributed by atoms with Gasteiger partial charge in [0.05, 0.1) is 13.7 Å². The number of methoxy groups -OCH3 is 1. The maximum absolute atomic E-state index is 13.3. The summed E-state index contributed by atoms with van der Waals surface area (Å²) in [6.45, 7) is 0.843. The van der Waals surface area contributed by atoms with E-state index in [0.29, 0.717) is 11.3 Å². The van der Waals surface area contributed by atoms with Gasteiger partial charge in [-0.15, -0.1) is 12.4 Å². The Morgan fingerprint density at radius 2 is 1.96 bits per heavy atom. The van der Waals surface area contributed by atoms with Crippen LogP contribution in [0.5, 0.6) is 5.75 Å². The van der Waals surface area contributed by atoms with Crippen molar-refractivity contribution in [3.63, 3.8) is 0 Å². The molecule has 2 heterocycles. The molecule has 1 atom stereocenters. The van der Waals surface area contributed by atoms with E-state index in [1.807, 2.05) is 0 Å². The second kappa shape index (κ2) is 8.14. The average Bonchev–Trinajstić information content (AvgIpc) is 3.11. The highest BCUT2D eigenvalue weighted by Crippen LogP contribution is 2.30. The van der Waals surface area contributed by atoms with Crippen LogP contribution in [0.4, 0.5) is 13.2 Å². The lowest BCUT2D eigenvalue weighted by atomic mass is 10.0. The lowest BCUT2D eigenvalue weighted by Gasteiger charge is -2.17. The van der Waals surface area contributed by atoms with Crippen LogP contribution in [0.1, 0.15) is 35.6 Å². The third-order valence-corrected chi connectivity index (χ3v) is 4.39. The molecule has 0 saturated carbocycles. The molecule has 1 aromatic heterocycles. The first-order valence-electron chi connectivity index (χ1n) is 8.06. The van der Waals surface area contributed by atoms with Gasteiger partial charge in [-0.2, -0.15) is 13.2 Å². The van der Waals surface area contributed by atoms with Gasteiger partial charge in [0.2, 0.25) is 0 Å². The molecule has 1 saturated heterocycles. The highest BCUT2D eigenvalue weighted by atomic mass is 35.5. The summed E-state index contributed by atoms with van der Waals surface area (Å²) in [4.78, 5) is 12.3. The van der Waals surface area contributed by atoms with Gasteiger partial charge in [0, 0.05) is 12.2 Å². The van der Waals surface area contributed by atoms with Crippen LogP contribution < -0.4 is 15.6 Å². The smallest absolute Gasteiger partial charge is 0.421 e. The number of benzene rings is 1. The normalized spacial score (nSPS) is 17.0. The molecular weight excluding hydrogens is 369 g/mol. The molecule has 1 N–H and O–H groups in total. The van der Waals surface area contributed by atoms with Crippen molar-refractivity contribution < 1.29 is 17.9 Å². The van der Waals surface area contributed by atoms with E-state index in [9.17, 15) is 18.0 Å². The Morgan fingerprint density at radius 1 is 1.27 bits per heavy atom. The molecule has 1 aromatic carbocycles. The SMILES string of the molecule is COc1ccc(Cn2cc(C3CCCN3)cc(C(F)(F)F)c2=O)cc1.Cl. The molecule has 0 spiro atoms. The Bertz CT molecular complexity index is 798. The standard InChI is InChI=1S/C18H19F3N2O2.ClH/c1-25-14-6-4-12(5-7-14)10-23-11-13(16-3-2-8-22-16)9-15(17(23)24)18(19,20)21;/h4-7,9,11,16,22H,2-3,8,10H2,1H3;1H. The van der Waals surface area contributed by atoms with Crippen molar-refractivity contribution in [2.45, 2.75) is 31.6 Å². The summed E-state index contributed by atoms with van der Waals surface area (Å²) in [6.07, 6.45) is -1.47. The molecule has 1 fully saturated rings. The first-order chi connectivity index (χ1) is 11.9. The van der Waals surface area contributed by atoms with Gasteiger partial charge in [-0.3, -0.25) is 4.79 Å². The van der Waals surface area contributed by atoms with Crippen molar-refractivity contribution in [3.8, 4) is 5.75 Å². The van der Waals surface area contributed by atoms with Gasteiger partial charge in [-0.1, -0.05) is 12.1 Å². The summed E-state index contributed by atoms with van der Waals surface area (Å²) >= 11 is 0. The van der Waals surface area contributed by atoms with Crippen LogP contribution >= 0.6 is 12.4 Å². The molecule has 2 aromatic rings. The van der Waals surface area contributed by atoms with Crippen LogP contribution in [0.15, 0.2) is 41.3 Å². The van der Waals surface area contributed by atoms with Crippen molar-refractivity contribution in [1.82, 2.24) is 9.88 Å². The summed E-state index contributed by atoms with van der Waals surface area (Å²) in [5, 5.41) is 3.18. The number of aromatic nitrogens is 1. The van der Waals surface area contributed by atoms with E-state index in [1.165, 1.54) is 13.3 Å². The molecule has 0 bridgehead atoms. The van der Waals surface area contributed by atoms with Crippen LogP contribution in [-0.2, 0) is 12.7 Å². The lowest BCUT2D eigenvalue weighted by Crippen LogP contribution is -2.30. The summed E-state index contributed by atoms with van der Waals surface area (Å²) < 4.78 is 46.1. The Kier molecular flexibility index (Phi) is 6.36. The molecule has 4 nitrogen and oxygen atoms in total. The first kappa shape index (κ1) is 20.3. The number of nitrogens with zero attached hydrogens (tertiary/aromatic N) is 1. The number of nitrogens with one attached hydrogen (secondary N) is 1. The molecule has 8 heteroatoms. The van der Waals surface area contributed by atoms with Crippen molar-refractivity contribution >= 4 is 12.4 Å². The van der Waals surface area contributed by atoms with Gasteiger partial charge in [-0.05, 0) is 48.7 Å². The van der Waals surface area contributed by atoms with Crippen molar-refractivity contribution in [2.75, 3.05) is 13.7 Å². The highest BCUT2D eigenvalue weighted by Gasteiger charge is 2.35. The van der Waals surface area contributed by atoms with Crippen LogP contribution in [0.2, 0.25) is 0 Å². The Balaban J connectivity index is 0.00000243. The van der Waals surface area contributed by atoms with Gasteiger partial charge in [0.25, 0.3) is 5.56 Å². The fourth-order valence-electron chi connectivity index (χ4n) is 3.07. The lowest BCUT2D eigenvalue weighted by molar-refractivity contribution is -0.139. The summed E-state index contributed by atoms with van der Waals surface area (Å²) in [5.74, 6) is 0.649. The van der Waals surface area contributed by atoms with E-state index >= 15 is 0 Å². The highest BCUT2D eigenvalue weighted by molar-refractivity contribution is 5.85. The number of ether oxygens (including phenoxy) is 1. The zero-order chi connectivity index (χ0) is 18.0. The van der Waals surface area contributed by atoms with E-state index < -0.39 is 17.3 Å². The van der Waals surface area contributed by atoms with Gasteiger partial charge in [-0.25, -0.2) is 0 Å². The van der Waals surface area contributed by atoms with Crippen molar-refractivity contribution in [2.24, 2.45) is 0 Å². The van der Waals surface area contributed by atoms with Crippen molar-refractivity contribution in [1.29, 1.82) is 0 Å². The zero-order valence-corrected chi connectivity index (χ0v) is 15.0. The van der Waals surface area contributed by atoms with Crippen LogP contribution in [0.3, 0.4) is 0 Å². The minimum Gasteiger partial charge on any atom is -0.497 e. The minimum absolute atomic E-state index is 0. The molecule has 1 unspecified atom stereocenters. The molecule has 142 valence electrons. The van der Waals surface area contributed by atoms with Crippen LogP contribution in [-0.4, -0.2) is 18.2 Å². The topological polar surface area (TPSA) is 43.3 Å². The maximum atomic E-state index is 13.3. The number of pyridine rings is 1. The van der Waals surface area contributed by atoms with Crippen LogP contribution in [0.25, 0.3) is 0 Å². The average molecular weight is 389 g/mol. The monoisotopic (exact) mass is 388 g/mol. The van der Waals surface area contributed by atoms with Crippen molar-refractivity contribution in [3.05, 3.63) is 63.6 Å². The first-order valence-corrected chi connectivity index (χ1v) is 8.06. The number of hydrogen-bond acceptors (Lipinski definition) is 3. The second-order valence-electron chi connectivity index (χ2n) is 6.11. The Morgan fingerprint density at radius 3 is 2.50 bits per heavy atom. The molecule has 0 amide bonds. The molecule has 3 rings (SSSR count). The number of rotatable bonds is 4. The fourth-order valence-corrected chi connectivity index (χ4v) is 3.07. The molecule has 26 heavy (non-hydrogen) atoms. The number of alkyl halides is 3. The van der Waals surface area contributed by atoms with E-state index in [0.717, 1.165) is 35.6 Å². The Labute approximate surface area is 155 Å². The number of halogens is 4.